The molecule has 9 heteroatoms. The molecule has 138 valence electrons. The molecule has 0 spiro atoms. The first-order valence-corrected chi connectivity index (χ1v) is 11.1. The fourth-order valence-corrected chi connectivity index (χ4v) is 6.12. The lowest BCUT2D eigenvalue weighted by Gasteiger charge is -2.35. The fourth-order valence-electron chi connectivity index (χ4n) is 2.70. The molecule has 0 bridgehead atoms. The molecule has 7 nitrogen and oxygen atoms in total. The molecule has 1 aromatic rings. The van der Waals surface area contributed by atoms with Crippen LogP contribution in [-0.4, -0.2) is 26.4 Å². The highest BCUT2D eigenvalue weighted by molar-refractivity contribution is 7.72. The molecule has 0 saturated carbocycles. The molecule has 0 radical (unpaired) electrons. The summed E-state index contributed by atoms with van der Waals surface area (Å²) in [7, 11) is -9.93. The number of benzene rings is 1. The van der Waals surface area contributed by atoms with E-state index in [9.17, 15) is 23.8 Å². The van der Waals surface area contributed by atoms with Gasteiger partial charge in [0, 0.05) is 6.61 Å². The van der Waals surface area contributed by atoms with Crippen LogP contribution < -0.4 is 4.52 Å². The molecule has 2 atom stereocenters. The van der Waals surface area contributed by atoms with Crippen LogP contribution in [0.25, 0.3) is 0 Å². The highest BCUT2D eigenvalue weighted by atomic mass is 31.2. The second-order valence-electron chi connectivity index (χ2n) is 5.29. The van der Waals surface area contributed by atoms with Crippen molar-refractivity contribution in [3.05, 3.63) is 29.3 Å². The Morgan fingerprint density at radius 1 is 1.04 bits per heavy atom. The van der Waals surface area contributed by atoms with Gasteiger partial charge in [-0.25, -0.2) is 4.57 Å². The summed E-state index contributed by atoms with van der Waals surface area (Å²) >= 11 is 0. The van der Waals surface area contributed by atoms with Gasteiger partial charge >= 0.3 is 15.2 Å². The summed E-state index contributed by atoms with van der Waals surface area (Å²) < 4.78 is 35.2. The van der Waals surface area contributed by atoms with Crippen LogP contribution in [0.4, 0.5) is 0 Å². The molecule has 1 rings (SSSR count). The average molecular weight is 380 g/mol. The SMILES string of the molecule is CCOC(CC)(P(=O)(O)O)P(=O)(O)Oc1cccc(CC)c1CC. The van der Waals surface area contributed by atoms with Crippen LogP contribution >= 0.6 is 15.2 Å². The van der Waals surface area contributed by atoms with Crippen LogP contribution in [0.5, 0.6) is 5.75 Å². The predicted octanol–water partition coefficient (Wildman–Crippen LogP) is 3.65. The van der Waals surface area contributed by atoms with Gasteiger partial charge in [-0.2, -0.15) is 0 Å². The minimum Gasteiger partial charge on any atom is -0.422 e. The van der Waals surface area contributed by atoms with Crippen LogP contribution in [0, 0.1) is 0 Å². The molecule has 0 heterocycles. The summed E-state index contributed by atoms with van der Waals surface area (Å²) in [5.41, 5.74) is 1.69. The highest BCUT2D eigenvalue weighted by Crippen LogP contribution is 2.73. The van der Waals surface area contributed by atoms with Gasteiger partial charge < -0.3 is 23.9 Å². The van der Waals surface area contributed by atoms with E-state index in [-0.39, 0.29) is 18.8 Å². The number of aryl methyl sites for hydroxylation is 1. The zero-order chi connectivity index (χ0) is 18.6. The van der Waals surface area contributed by atoms with E-state index in [4.69, 9.17) is 9.26 Å². The van der Waals surface area contributed by atoms with Crippen molar-refractivity contribution in [2.24, 2.45) is 0 Å². The van der Waals surface area contributed by atoms with Crippen molar-refractivity contribution >= 4 is 15.2 Å². The van der Waals surface area contributed by atoms with Gasteiger partial charge in [-0.1, -0.05) is 32.9 Å². The summed E-state index contributed by atoms with van der Waals surface area (Å²) in [5, 5.41) is -2.58. The van der Waals surface area contributed by atoms with Crippen LogP contribution in [0.2, 0.25) is 0 Å². The molecular weight excluding hydrogens is 354 g/mol. The first-order chi connectivity index (χ1) is 11.1. The van der Waals surface area contributed by atoms with Gasteiger partial charge in [-0.15, -0.1) is 0 Å². The molecule has 0 aliphatic carbocycles. The van der Waals surface area contributed by atoms with E-state index < -0.39 is 20.3 Å². The second kappa shape index (κ2) is 8.13. The van der Waals surface area contributed by atoms with Crippen molar-refractivity contribution in [2.45, 2.75) is 52.0 Å². The van der Waals surface area contributed by atoms with E-state index in [1.54, 1.807) is 6.07 Å². The van der Waals surface area contributed by atoms with E-state index in [1.807, 2.05) is 19.9 Å². The zero-order valence-corrected chi connectivity index (χ0v) is 16.2. The topological polar surface area (TPSA) is 113 Å². The molecule has 0 amide bonds. The fraction of sp³-hybridized carbons (Fsp3) is 0.600. The third kappa shape index (κ3) is 3.93. The van der Waals surface area contributed by atoms with Crippen molar-refractivity contribution in [3.8, 4) is 5.75 Å². The summed E-state index contributed by atoms with van der Waals surface area (Å²) in [4.78, 5) is 29.8. The van der Waals surface area contributed by atoms with Gasteiger partial charge in [-0.05, 0) is 43.4 Å². The van der Waals surface area contributed by atoms with Crippen molar-refractivity contribution in [1.29, 1.82) is 0 Å². The number of rotatable bonds is 9. The van der Waals surface area contributed by atoms with Crippen molar-refractivity contribution in [1.82, 2.24) is 0 Å². The Hall–Kier alpha value is -0.680. The van der Waals surface area contributed by atoms with Gasteiger partial charge in [0.25, 0.3) is 5.08 Å². The highest BCUT2D eigenvalue weighted by Gasteiger charge is 2.63. The van der Waals surface area contributed by atoms with Gasteiger partial charge in [0.05, 0.1) is 0 Å². The molecule has 3 N–H and O–H groups in total. The number of hydrogen-bond acceptors (Lipinski definition) is 4. The summed E-state index contributed by atoms with van der Waals surface area (Å²) in [5.74, 6) is 0.147. The molecule has 0 fully saturated rings. The Labute approximate surface area is 142 Å². The van der Waals surface area contributed by atoms with Gasteiger partial charge in [0.1, 0.15) is 5.75 Å². The first kappa shape index (κ1) is 21.4. The van der Waals surface area contributed by atoms with E-state index in [0.717, 1.165) is 11.1 Å². The van der Waals surface area contributed by atoms with Crippen molar-refractivity contribution < 1.29 is 33.1 Å². The zero-order valence-electron chi connectivity index (χ0n) is 14.4. The largest absolute Gasteiger partial charge is 0.422 e. The molecule has 0 aliphatic heterocycles. The molecule has 0 aromatic heterocycles. The normalized spacial score (nSPS) is 17.1. The summed E-state index contributed by atoms with van der Waals surface area (Å²) in [6.07, 6.45) is 0.899. The third-order valence-electron chi connectivity index (χ3n) is 3.92. The molecule has 0 aliphatic rings. The Kier molecular flexibility index (Phi) is 7.24. The van der Waals surface area contributed by atoms with Crippen LogP contribution in [-0.2, 0) is 26.7 Å². The van der Waals surface area contributed by atoms with E-state index in [1.165, 1.54) is 19.9 Å². The quantitative estimate of drug-likeness (QED) is 0.560. The minimum absolute atomic E-state index is 0.136. The van der Waals surface area contributed by atoms with Gasteiger partial charge in [0.2, 0.25) is 0 Å². The Morgan fingerprint density at radius 3 is 2.08 bits per heavy atom. The predicted molar refractivity (Wildman–Crippen MR) is 92.3 cm³/mol. The van der Waals surface area contributed by atoms with Crippen LogP contribution in [0.3, 0.4) is 0 Å². The van der Waals surface area contributed by atoms with Crippen molar-refractivity contribution in [2.75, 3.05) is 6.61 Å². The summed E-state index contributed by atoms with van der Waals surface area (Å²) in [6, 6.07) is 5.08. The molecule has 2 unspecified atom stereocenters. The monoisotopic (exact) mass is 380 g/mol. The maximum Gasteiger partial charge on any atom is 0.420 e. The van der Waals surface area contributed by atoms with Gasteiger partial charge in [0.15, 0.2) is 0 Å². The molecule has 0 saturated heterocycles. The second-order valence-corrected chi connectivity index (χ2v) is 9.40. The Bertz CT molecular complexity index is 655. The number of ether oxygens (including phenoxy) is 1. The standard InChI is InChI=1S/C15H26O7P2/c1-5-12-10-9-11-14(13(12)6-2)22-24(19,20)15(7-3,21-8-4)23(16,17)18/h9-11H,5-8H2,1-4H3,(H,19,20)(H2,16,17,18). The van der Waals surface area contributed by atoms with Crippen molar-refractivity contribution in [3.63, 3.8) is 0 Å². The van der Waals surface area contributed by atoms with E-state index >= 15 is 0 Å². The minimum atomic E-state index is -5.08. The van der Waals surface area contributed by atoms with Crippen LogP contribution in [0.1, 0.15) is 45.2 Å². The maximum atomic E-state index is 12.9. The third-order valence-corrected chi connectivity index (χ3v) is 8.59. The Morgan fingerprint density at radius 2 is 1.67 bits per heavy atom. The molecule has 24 heavy (non-hydrogen) atoms. The smallest absolute Gasteiger partial charge is 0.420 e. The number of hydrogen-bond donors (Lipinski definition) is 3. The Balaban J connectivity index is 3.43. The van der Waals surface area contributed by atoms with E-state index in [2.05, 4.69) is 0 Å². The first-order valence-electron chi connectivity index (χ1n) is 7.92. The lowest BCUT2D eigenvalue weighted by atomic mass is 10.0. The summed E-state index contributed by atoms with van der Waals surface area (Å²) in [6.45, 7) is 6.56. The molecule has 1 aromatic carbocycles. The lowest BCUT2D eigenvalue weighted by molar-refractivity contribution is 0.0435. The van der Waals surface area contributed by atoms with Crippen LogP contribution in [0.15, 0.2) is 18.2 Å². The van der Waals surface area contributed by atoms with Gasteiger partial charge in [-0.3, -0.25) is 4.57 Å². The molecular formula is C15H26O7P2. The maximum absolute atomic E-state index is 12.9. The average Bonchev–Trinajstić information content (AvgIpc) is 2.50. The van der Waals surface area contributed by atoms with E-state index in [0.29, 0.717) is 12.8 Å². The lowest BCUT2D eigenvalue weighted by Crippen LogP contribution is -2.34.